The lowest BCUT2D eigenvalue weighted by Crippen LogP contribution is -2.57. The molecule has 0 spiro atoms. The van der Waals surface area contributed by atoms with Crippen LogP contribution in [0.5, 0.6) is 0 Å². The number of carbonyl (C=O) groups excluding carboxylic acids is 1. The van der Waals surface area contributed by atoms with Crippen LogP contribution in [0.25, 0.3) is 0 Å². The van der Waals surface area contributed by atoms with Gasteiger partial charge in [0.15, 0.2) is 0 Å². The molecule has 0 saturated carbocycles. The lowest BCUT2D eigenvalue weighted by atomic mass is 9.84. The first-order valence-corrected chi connectivity index (χ1v) is 9.02. The molecule has 0 radical (unpaired) electrons. The third-order valence-electron chi connectivity index (χ3n) is 4.82. The van der Waals surface area contributed by atoms with E-state index in [9.17, 15) is 4.79 Å². The maximum atomic E-state index is 12.5. The number of ether oxygens (including phenoxy) is 1. The molecule has 23 heavy (non-hydrogen) atoms. The molecule has 0 aliphatic carbocycles. The second kappa shape index (κ2) is 6.98. The number of carbonyl (C=O) groups is 1. The predicted molar refractivity (Wildman–Crippen MR) is 93.6 cm³/mol. The largest absolute Gasteiger partial charge is 0.444 e. The summed E-state index contributed by atoms with van der Waals surface area (Å²) in [6.07, 6.45) is 2.40. The van der Waals surface area contributed by atoms with E-state index in [1.54, 1.807) is 0 Å². The van der Waals surface area contributed by atoms with E-state index in [1.807, 2.05) is 25.7 Å². The molecule has 1 atom stereocenters. The van der Waals surface area contributed by atoms with Crippen LogP contribution in [0.1, 0.15) is 54.4 Å². The van der Waals surface area contributed by atoms with Crippen LogP contribution in [-0.2, 0) is 4.74 Å². The number of nitrogens with zero attached hydrogens (tertiary/aromatic N) is 2. The SMILES string of the molecule is CC(C)(C)OC(=O)N(CCNC1CN2CCC1CC2)C(C)(C)C. The molecule has 134 valence electrons. The molecule has 3 aliphatic heterocycles. The lowest BCUT2D eigenvalue weighted by molar-refractivity contribution is 0.00539. The van der Waals surface area contributed by atoms with Crippen LogP contribution in [0.2, 0.25) is 0 Å². The van der Waals surface area contributed by atoms with Gasteiger partial charge in [-0.15, -0.1) is 0 Å². The number of hydrogen-bond acceptors (Lipinski definition) is 4. The molecule has 3 saturated heterocycles. The van der Waals surface area contributed by atoms with Gasteiger partial charge in [-0.3, -0.25) is 0 Å². The van der Waals surface area contributed by atoms with Gasteiger partial charge in [-0.05, 0) is 73.4 Å². The van der Waals surface area contributed by atoms with Crippen LogP contribution in [-0.4, -0.2) is 65.8 Å². The van der Waals surface area contributed by atoms with Crippen molar-refractivity contribution in [1.82, 2.24) is 15.1 Å². The molecular weight excluding hydrogens is 290 g/mol. The molecule has 0 aromatic rings. The fourth-order valence-corrected chi connectivity index (χ4v) is 3.58. The molecule has 3 fully saturated rings. The third-order valence-corrected chi connectivity index (χ3v) is 4.82. The van der Waals surface area contributed by atoms with Crippen LogP contribution < -0.4 is 5.32 Å². The number of piperidine rings is 3. The molecule has 0 aromatic heterocycles. The van der Waals surface area contributed by atoms with E-state index >= 15 is 0 Å². The molecule has 3 aliphatic rings. The van der Waals surface area contributed by atoms with E-state index in [-0.39, 0.29) is 11.6 Å². The monoisotopic (exact) mass is 325 g/mol. The van der Waals surface area contributed by atoms with Crippen molar-refractivity contribution >= 4 is 6.09 Å². The van der Waals surface area contributed by atoms with Gasteiger partial charge in [0.05, 0.1) is 0 Å². The maximum Gasteiger partial charge on any atom is 0.410 e. The van der Waals surface area contributed by atoms with Gasteiger partial charge in [-0.1, -0.05) is 0 Å². The minimum atomic E-state index is -0.455. The quantitative estimate of drug-likeness (QED) is 0.863. The van der Waals surface area contributed by atoms with Crippen molar-refractivity contribution in [1.29, 1.82) is 0 Å². The average molecular weight is 325 g/mol. The van der Waals surface area contributed by atoms with Crippen molar-refractivity contribution in [2.75, 3.05) is 32.7 Å². The van der Waals surface area contributed by atoms with E-state index in [1.165, 1.54) is 25.9 Å². The summed E-state index contributed by atoms with van der Waals surface area (Å²) in [5.41, 5.74) is -0.692. The Bertz CT molecular complexity index is 403. The molecule has 3 rings (SSSR count). The smallest absolute Gasteiger partial charge is 0.410 e. The second-order valence-corrected chi connectivity index (χ2v) is 9.00. The first-order chi connectivity index (χ1) is 10.6. The van der Waals surface area contributed by atoms with E-state index in [0.29, 0.717) is 12.6 Å². The highest BCUT2D eigenvalue weighted by Crippen LogP contribution is 2.27. The summed E-state index contributed by atoms with van der Waals surface area (Å²) in [6, 6.07) is 0.581. The van der Waals surface area contributed by atoms with Crippen LogP contribution in [0.3, 0.4) is 0 Å². The topological polar surface area (TPSA) is 44.8 Å². The highest BCUT2D eigenvalue weighted by molar-refractivity contribution is 5.69. The Labute approximate surface area is 141 Å². The highest BCUT2D eigenvalue weighted by Gasteiger charge is 2.34. The number of amides is 1. The molecule has 5 nitrogen and oxygen atoms in total. The Kier molecular flexibility index (Phi) is 5.62. The van der Waals surface area contributed by atoms with Crippen molar-refractivity contribution < 1.29 is 9.53 Å². The first-order valence-electron chi connectivity index (χ1n) is 9.02. The van der Waals surface area contributed by atoms with Gasteiger partial charge in [0, 0.05) is 31.2 Å². The van der Waals surface area contributed by atoms with Gasteiger partial charge < -0.3 is 19.9 Å². The van der Waals surface area contributed by atoms with Crippen LogP contribution in [0.15, 0.2) is 0 Å². The standard InChI is InChI=1S/C18H35N3O2/c1-17(2,3)21(16(22)23-18(4,5)6)12-9-19-15-13-20-10-7-14(15)8-11-20/h14-15,19H,7-13H2,1-6H3. The Morgan fingerprint density at radius 1 is 1.17 bits per heavy atom. The van der Waals surface area contributed by atoms with Gasteiger partial charge in [0.2, 0.25) is 0 Å². The Morgan fingerprint density at radius 3 is 2.22 bits per heavy atom. The minimum absolute atomic E-state index is 0.222. The van der Waals surface area contributed by atoms with Gasteiger partial charge in [-0.2, -0.15) is 0 Å². The van der Waals surface area contributed by atoms with Crippen molar-refractivity contribution in [3.63, 3.8) is 0 Å². The number of rotatable bonds is 4. The Balaban J connectivity index is 1.85. The molecule has 2 bridgehead atoms. The normalized spacial score (nSPS) is 27.8. The Morgan fingerprint density at radius 2 is 1.78 bits per heavy atom. The van der Waals surface area contributed by atoms with Crippen molar-refractivity contribution in [2.45, 2.75) is 71.6 Å². The van der Waals surface area contributed by atoms with E-state index in [0.717, 1.165) is 19.0 Å². The third kappa shape index (κ3) is 5.35. The van der Waals surface area contributed by atoms with Gasteiger partial charge in [0.1, 0.15) is 5.60 Å². The number of nitrogens with one attached hydrogen (secondary N) is 1. The fraction of sp³-hybridized carbons (Fsp3) is 0.944. The molecule has 1 unspecified atom stereocenters. The van der Waals surface area contributed by atoms with Crippen molar-refractivity contribution in [3.8, 4) is 0 Å². The maximum absolute atomic E-state index is 12.5. The number of hydrogen-bond donors (Lipinski definition) is 1. The predicted octanol–water partition coefficient (Wildman–Crippen LogP) is 2.71. The summed E-state index contributed by atoms with van der Waals surface area (Å²) < 4.78 is 5.57. The summed E-state index contributed by atoms with van der Waals surface area (Å²) in [6.45, 7) is 17.1. The van der Waals surface area contributed by atoms with E-state index < -0.39 is 5.60 Å². The summed E-state index contributed by atoms with van der Waals surface area (Å²) >= 11 is 0. The summed E-state index contributed by atoms with van der Waals surface area (Å²) in [5, 5.41) is 3.68. The summed E-state index contributed by atoms with van der Waals surface area (Å²) in [4.78, 5) is 16.9. The average Bonchev–Trinajstić information content (AvgIpc) is 2.41. The number of fused-ring (bicyclic) bond motifs is 3. The molecule has 3 heterocycles. The molecule has 1 N–H and O–H groups in total. The second-order valence-electron chi connectivity index (χ2n) is 9.00. The Hall–Kier alpha value is -0.810. The zero-order chi connectivity index (χ0) is 17.3. The van der Waals surface area contributed by atoms with Crippen LogP contribution in [0, 0.1) is 5.92 Å². The van der Waals surface area contributed by atoms with Gasteiger partial charge in [0.25, 0.3) is 0 Å². The van der Waals surface area contributed by atoms with Crippen molar-refractivity contribution in [3.05, 3.63) is 0 Å². The fourth-order valence-electron chi connectivity index (χ4n) is 3.58. The molecule has 1 amide bonds. The van der Waals surface area contributed by atoms with Crippen LogP contribution in [0.4, 0.5) is 4.79 Å². The summed E-state index contributed by atoms with van der Waals surface area (Å²) in [7, 11) is 0. The van der Waals surface area contributed by atoms with E-state index in [4.69, 9.17) is 4.74 Å². The minimum Gasteiger partial charge on any atom is -0.444 e. The zero-order valence-electron chi connectivity index (χ0n) is 15.8. The van der Waals surface area contributed by atoms with Crippen molar-refractivity contribution in [2.24, 2.45) is 5.92 Å². The summed E-state index contributed by atoms with van der Waals surface area (Å²) in [5.74, 6) is 0.810. The molecule has 5 heteroatoms. The molecular formula is C18H35N3O2. The highest BCUT2D eigenvalue weighted by atomic mass is 16.6. The first kappa shape index (κ1) is 18.5. The zero-order valence-corrected chi connectivity index (χ0v) is 15.8. The lowest BCUT2D eigenvalue weighted by Gasteiger charge is -2.45. The van der Waals surface area contributed by atoms with Crippen LogP contribution >= 0.6 is 0 Å². The van der Waals surface area contributed by atoms with E-state index in [2.05, 4.69) is 31.0 Å². The van der Waals surface area contributed by atoms with Gasteiger partial charge >= 0.3 is 6.09 Å². The molecule has 0 aromatic carbocycles. The van der Waals surface area contributed by atoms with Gasteiger partial charge in [-0.25, -0.2) is 4.79 Å².